The van der Waals surface area contributed by atoms with E-state index >= 15 is 0 Å². The standard InChI is InChI=1S/C23H28N4O4/c1-29-17-5-6-18-19(14-17)25-22(24-18)15-26-8-10-27(11-9-26)23(28)13-16-4-7-20(30-2)21(12-16)31-3/h4-7,12,14H,8-11,13,15H2,1-3H3,(H,24,25). The van der Waals surface area contributed by atoms with E-state index in [4.69, 9.17) is 14.2 Å². The first-order valence-electron chi connectivity index (χ1n) is 10.3. The monoisotopic (exact) mass is 424 g/mol. The third kappa shape index (κ3) is 4.74. The summed E-state index contributed by atoms with van der Waals surface area (Å²) in [5.74, 6) is 3.16. The Kier molecular flexibility index (Phi) is 6.27. The summed E-state index contributed by atoms with van der Waals surface area (Å²) in [6.07, 6.45) is 0.353. The third-order valence-corrected chi connectivity index (χ3v) is 5.64. The SMILES string of the molecule is COc1ccc2nc(CN3CCN(C(=O)Cc4ccc(OC)c(OC)c4)CC3)[nH]c2c1. The van der Waals surface area contributed by atoms with Crippen LogP contribution in [0.3, 0.4) is 0 Å². The molecule has 0 aliphatic carbocycles. The van der Waals surface area contributed by atoms with Crippen LogP contribution in [0.25, 0.3) is 11.0 Å². The average molecular weight is 425 g/mol. The van der Waals surface area contributed by atoms with Crippen LogP contribution < -0.4 is 14.2 Å². The fraction of sp³-hybridized carbons (Fsp3) is 0.391. The number of ether oxygens (including phenoxy) is 3. The van der Waals surface area contributed by atoms with Crippen LogP contribution in [0, 0.1) is 0 Å². The summed E-state index contributed by atoms with van der Waals surface area (Å²) in [5, 5.41) is 0. The topological polar surface area (TPSA) is 79.9 Å². The lowest BCUT2D eigenvalue weighted by Gasteiger charge is -2.34. The van der Waals surface area contributed by atoms with Crippen molar-refractivity contribution in [2.45, 2.75) is 13.0 Å². The lowest BCUT2D eigenvalue weighted by Crippen LogP contribution is -2.48. The van der Waals surface area contributed by atoms with Crippen molar-refractivity contribution in [2.24, 2.45) is 0 Å². The first-order valence-corrected chi connectivity index (χ1v) is 10.3. The van der Waals surface area contributed by atoms with Crippen molar-refractivity contribution in [3.8, 4) is 17.2 Å². The van der Waals surface area contributed by atoms with Crippen molar-refractivity contribution in [2.75, 3.05) is 47.5 Å². The number of carbonyl (C=O) groups excluding carboxylic acids is 1. The van der Waals surface area contributed by atoms with E-state index in [1.54, 1.807) is 21.3 Å². The van der Waals surface area contributed by atoms with Crippen LogP contribution in [0.2, 0.25) is 0 Å². The van der Waals surface area contributed by atoms with E-state index in [9.17, 15) is 4.79 Å². The van der Waals surface area contributed by atoms with Crippen LogP contribution in [-0.2, 0) is 17.8 Å². The molecule has 0 atom stereocenters. The number of nitrogens with one attached hydrogen (secondary N) is 1. The van der Waals surface area contributed by atoms with Crippen molar-refractivity contribution in [1.82, 2.24) is 19.8 Å². The largest absolute Gasteiger partial charge is 0.497 e. The number of aromatic amines is 1. The summed E-state index contributed by atoms with van der Waals surface area (Å²) < 4.78 is 15.9. The fourth-order valence-corrected chi connectivity index (χ4v) is 3.89. The molecular formula is C23H28N4O4. The number of amides is 1. The number of carbonyl (C=O) groups is 1. The summed E-state index contributed by atoms with van der Waals surface area (Å²) in [4.78, 5) is 25.0. The highest BCUT2D eigenvalue weighted by Crippen LogP contribution is 2.28. The van der Waals surface area contributed by atoms with Crippen LogP contribution in [-0.4, -0.2) is 73.2 Å². The maximum Gasteiger partial charge on any atom is 0.227 e. The lowest BCUT2D eigenvalue weighted by atomic mass is 10.1. The molecule has 8 nitrogen and oxygen atoms in total. The summed E-state index contributed by atoms with van der Waals surface area (Å²) in [6.45, 7) is 3.78. The zero-order valence-electron chi connectivity index (χ0n) is 18.2. The molecule has 2 aromatic carbocycles. The molecule has 0 bridgehead atoms. The van der Waals surface area contributed by atoms with Crippen molar-refractivity contribution in [3.05, 3.63) is 47.8 Å². The first kappa shape index (κ1) is 21.0. The number of fused-ring (bicyclic) bond motifs is 1. The highest BCUT2D eigenvalue weighted by Gasteiger charge is 2.22. The van der Waals surface area contributed by atoms with Gasteiger partial charge >= 0.3 is 0 Å². The Morgan fingerprint density at radius 3 is 2.45 bits per heavy atom. The van der Waals surface area contributed by atoms with E-state index < -0.39 is 0 Å². The second-order valence-corrected chi connectivity index (χ2v) is 7.59. The van der Waals surface area contributed by atoms with Gasteiger partial charge in [-0.1, -0.05) is 6.07 Å². The minimum atomic E-state index is 0.128. The molecule has 0 unspecified atom stereocenters. The average Bonchev–Trinajstić information content (AvgIpc) is 3.20. The maximum absolute atomic E-state index is 12.8. The summed E-state index contributed by atoms with van der Waals surface area (Å²) >= 11 is 0. The summed E-state index contributed by atoms with van der Waals surface area (Å²) in [7, 11) is 4.86. The van der Waals surface area contributed by atoms with Gasteiger partial charge in [0.2, 0.25) is 5.91 Å². The Labute approximate surface area is 181 Å². The van der Waals surface area contributed by atoms with Crippen molar-refractivity contribution >= 4 is 16.9 Å². The Morgan fingerprint density at radius 2 is 1.74 bits per heavy atom. The number of piperazine rings is 1. The van der Waals surface area contributed by atoms with Gasteiger partial charge in [0.15, 0.2) is 11.5 Å². The Hall–Kier alpha value is -3.26. The van der Waals surface area contributed by atoms with Gasteiger partial charge in [0, 0.05) is 32.2 Å². The predicted molar refractivity (Wildman–Crippen MR) is 118 cm³/mol. The number of imidazole rings is 1. The highest BCUT2D eigenvalue weighted by molar-refractivity contribution is 5.79. The zero-order chi connectivity index (χ0) is 21.8. The quantitative estimate of drug-likeness (QED) is 0.628. The smallest absolute Gasteiger partial charge is 0.227 e. The summed E-state index contributed by atoms with van der Waals surface area (Å²) in [6, 6.07) is 11.4. The predicted octanol–water partition coefficient (Wildman–Crippen LogP) is 2.48. The van der Waals surface area contributed by atoms with Crippen LogP contribution >= 0.6 is 0 Å². The molecule has 4 rings (SSSR count). The number of methoxy groups -OCH3 is 3. The molecule has 1 N–H and O–H groups in total. The van der Waals surface area contributed by atoms with Gasteiger partial charge in [-0.05, 0) is 29.8 Å². The van der Waals surface area contributed by atoms with Crippen LogP contribution in [0.4, 0.5) is 0 Å². The van der Waals surface area contributed by atoms with Gasteiger partial charge in [0.25, 0.3) is 0 Å². The van der Waals surface area contributed by atoms with Gasteiger partial charge in [0.05, 0.1) is 45.3 Å². The number of rotatable bonds is 7. The third-order valence-electron chi connectivity index (χ3n) is 5.64. The maximum atomic E-state index is 12.8. The Bertz CT molecular complexity index is 1060. The molecule has 1 aromatic heterocycles. The van der Waals surface area contributed by atoms with Gasteiger partial charge in [0.1, 0.15) is 11.6 Å². The molecule has 1 aliphatic rings. The van der Waals surface area contributed by atoms with Gasteiger partial charge in [-0.15, -0.1) is 0 Å². The van der Waals surface area contributed by atoms with Gasteiger partial charge in [-0.2, -0.15) is 0 Å². The Morgan fingerprint density at radius 1 is 0.968 bits per heavy atom. The number of benzene rings is 2. The van der Waals surface area contributed by atoms with Crippen LogP contribution in [0.15, 0.2) is 36.4 Å². The second kappa shape index (κ2) is 9.26. The molecular weight excluding hydrogens is 396 g/mol. The molecule has 1 fully saturated rings. The minimum absolute atomic E-state index is 0.128. The molecule has 1 amide bonds. The number of nitrogens with zero attached hydrogens (tertiary/aromatic N) is 3. The van der Waals surface area contributed by atoms with E-state index in [1.165, 1.54) is 0 Å². The fourth-order valence-electron chi connectivity index (χ4n) is 3.89. The van der Waals surface area contributed by atoms with E-state index in [-0.39, 0.29) is 5.91 Å². The van der Waals surface area contributed by atoms with E-state index in [2.05, 4.69) is 14.9 Å². The number of H-pyrrole nitrogens is 1. The molecule has 0 spiro atoms. The lowest BCUT2D eigenvalue weighted by molar-refractivity contribution is -0.132. The Balaban J connectivity index is 1.31. The van der Waals surface area contributed by atoms with Crippen LogP contribution in [0.1, 0.15) is 11.4 Å². The molecule has 164 valence electrons. The van der Waals surface area contributed by atoms with E-state index in [0.717, 1.165) is 47.8 Å². The molecule has 1 saturated heterocycles. The molecule has 1 aliphatic heterocycles. The molecule has 0 radical (unpaired) electrons. The molecule has 3 aromatic rings. The van der Waals surface area contributed by atoms with Crippen molar-refractivity contribution < 1.29 is 19.0 Å². The second-order valence-electron chi connectivity index (χ2n) is 7.59. The summed E-state index contributed by atoms with van der Waals surface area (Å²) in [5.41, 5.74) is 2.82. The number of aromatic nitrogens is 2. The number of hydrogen-bond donors (Lipinski definition) is 1. The van der Waals surface area contributed by atoms with Gasteiger partial charge in [-0.3, -0.25) is 9.69 Å². The van der Waals surface area contributed by atoms with Gasteiger partial charge < -0.3 is 24.1 Å². The molecule has 0 saturated carbocycles. The normalized spacial score (nSPS) is 14.6. The zero-order valence-corrected chi connectivity index (χ0v) is 18.2. The highest BCUT2D eigenvalue weighted by atomic mass is 16.5. The molecule has 31 heavy (non-hydrogen) atoms. The number of hydrogen-bond acceptors (Lipinski definition) is 6. The van der Waals surface area contributed by atoms with Crippen molar-refractivity contribution in [1.29, 1.82) is 0 Å². The molecule has 2 heterocycles. The van der Waals surface area contributed by atoms with E-state index in [1.807, 2.05) is 41.3 Å². The van der Waals surface area contributed by atoms with Gasteiger partial charge in [-0.25, -0.2) is 4.98 Å². The first-order chi connectivity index (χ1) is 15.1. The van der Waals surface area contributed by atoms with Crippen LogP contribution in [0.5, 0.6) is 17.2 Å². The molecule has 8 heteroatoms. The van der Waals surface area contributed by atoms with E-state index in [0.29, 0.717) is 31.0 Å². The minimum Gasteiger partial charge on any atom is -0.497 e. The van der Waals surface area contributed by atoms with Crippen molar-refractivity contribution in [3.63, 3.8) is 0 Å².